The molecular formula is C19H19N3O2. The minimum atomic E-state index is -0.265. The molecule has 0 N–H and O–H groups in total. The second-order valence-corrected chi connectivity index (χ2v) is 5.56. The predicted octanol–water partition coefficient (Wildman–Crippen LogP) is 2.52. The lowest BCUT2D eigenvalue weighted by molar-refractivity contribution is 0.0942. The molecule has 0 bridgehead atoms. The first-order chi connectivity index (χ1) is 11.8. The number of hydrogen-bond donors (Lipinski definition) is 0. The molecule has 122 valence electrons. The van der Waals surface area contributed by atoms with Crippen molar-refractivity contribution in [2.24, 2.45) is 0 Å². The molecule has 1 aliphatic heterocycles. The van der Waals surface area contributed by atoms with E-state index < -0.39 is 0 Å². The maximum Gasteiger partial charge on any atom is 0.410 e. The number of nitrogens with zero attached hydrogens (tertiary/aromatic N) is 3. The Hall–Kier alpha value is -3.00. The highest BCUT2D eigenvalue weighted by Crippen LogP contribution is 2.16. The molecule has 5 nitrogen and oxygen atoms in total. The van der Waals surface area contributed by atoms with Crippen LogP contribution >= 0.6 is 0 Å². The van der Waals surface area contributed by atoms with E-state index in [1.807, 2.05) is 42.5 Å². The molecule has 1 aromatic carbocycles. The van der Waals surface area contributed by atoms with Gasteiger partial charge in [0.15, 0.2) is 0 Å². The van der Waals surface area contributed by atoms with Gasteiger partial charge in [0.25, 0.3) is 0 Å². The highest BCUT2D eigenvalue weighted by atomic mass is 16.6. The molecule has 0 spiro atoms. The number of rotatable bonds is 3. The molecule has 0 atom stereocenters. The lowest BCUT2D eigenvalue weighted by Crippen LogP contribution is -2.49. The summed E-state index contributed by atoms with van der Waals surface area (Å²) in [5.74, 6) is 2.51. The molecule has 0 aliphatic carbocycles. The number of amides is 1. The molecule has 2 heterocycles. The van der Waals surface area contributed by atoms with Crippen LogP contribution in [0.2, 0.25) is 0 Å². The summed E-state index contributed by atoms with van der Waals surface area (Å²) >= 11 is 0. The van der Waals surface area contributed by atoms with Gasteiger partial charge in [0, 0.05) is 26.2 Å². The number of ether oxygens (including phenoxy) is 1. The largest absolute Gasteiger partial charge is 0.445 e. The van der Waals surface area contributed by atoms with Crippen molar-refractivity contribution in [3.8, 4) is 12.3 Å². The number of benzene rings is 1. The van der Waals surface area contributed by atoms with Crippen LogP contribution < -0.4 is 4.90 Å². The number of hydrogen-bond acceptors (Lipinski definition) is 4. The van der Waals surface area contributed by atoms with Crippen molar-refractivity contribution in [3.63, 3.8) is 0 Å². The van der Waals surface area contributed by atoms with Crippen molar-refractivity contribution in [1.29, 1.82) is 0 Å². The van der Waals surface area contributed by atoms with E-state index in [0.29, 0.717) is 25.4 Å². The Morgan fingerprint density at radius 2 is 1.88 bits per heavy atom. The molecule has 1 aromatic heterocycles. The van der Waals surface area contributed by atoms with Gasteiger partial charge in [-0.05, 0) is 17.7 Å². The Morgan fingerprint density at radius 3 is 2.50 bits per heavy atom. The van der Waals surface area contributed by atoms with Gasteiger partial charge in [-0.2, -0.15) is 0 Å². The summed E-state index contributed by atoms with van der Waals surface area (Å²) in [6, 6.07) is 13.5. The van der Waals surface area contributed by atoms with Crippen molar-refractivity contribution < 1.29 is 9.53 Å². The summed E-state index contributed by atoms with van der Waals surface area (Å²) in [4.78, 5) is 20.3. The van der Waals surface area contributed by atoms with Crippen molar-refractivity contribution in [2.45, 2.75) is 6.61 Å². The summed E-state index contributed by atoms with van der Waals surface area (Å²) in [5.41, 5.74) is 2.64. The van der Waals surface area contributed by atoms with E-state index in [1.54, 1.807) is 11.1 Å². The average molecular weight is 321 g/mol. The van der Waals surface area contributed by atoms with Crippen LogP contribution in [0.5, 0.6) is 0 Å². The summed E-state index contributed by atoms with van der Waals surface area (Å²) < 4.78 is 5.37. The van der Waals surface area contributed by atoms with E-state index in [2.05, 4.69) is 15.8 Å². The molecule has 2 aromatic rings. The van der Waals surface area contributed by atoms with Gasteiger partial charge in [0.2, 0.25) is 0 Å². The number of anilines is 1. The number of carbonyl (C=O) groups is 1. The molecular weight excluding hydrogens is 302 g/mol. The fourth-order valence-electron chi connectivity index (χ4n) is 2.62. The van der Waals surface area contributed by atoms with E-state index in [0.717, 1.165) is 24.3 Å². The molecule has 5 heteroatoms. The summed E-state index contributed by atoms with van der Waals surface area (Å²) in [6.45, 7) is 3.06. The van der Waals surface area contributed by atoms with Gasteiger partial charge < -0.3 is 14.5 Å². The van der Waals surface area contributed by atoms with Gasteiger partial charge in [0.1, 0.15) is 12.3 Å². The predicted molar refractivity (Wildman–Crippen MR) is 92.6 cm³/mol. The lowest BCUT2D eigenvalue weighted by atomic mass is 10.2. The summed E-state index contributed by atoms with van der Waals surface area (Å²) in [5, 5.41) is 0. The van der Waals surface area contributed by atoms with Gasteiger partial charge in [-0.1, -0.05) is 36.3 Å². The minimum absolute atomic E-state index is 0.265. The van der Waals surface area contributed by atoms with Gasteiger partial charge >= 0.3 is 6.09 Å². The Bertz CT molecular complexity index is 715. The van der Waals surface area contributed by atoms with E-state index in [4.69, 9.17) is 11.2 Å². The molecule has 0 unspecified atom stereocenters. The molecule has 1 saturated heterocycles. The average Bonchev–Trinajstić information content (AvgIpc) is 2.67. The van der Waals surface area contributed by atoms with Crippen LogP contribution in [0.25, 0.3) is 0 Å². The van der Waals surface area contributed by atoms with Crippen molar-refractivity contribution in [2.75, 3.05) is 31.1 Å². The second-order valence-electron chi connectivity index (χ2n) is 5.56. The van der Waals surface area contributed by atoms with Crippen molar-refractivity contribution in [3.05, 3.63) is 59.9 Å². The molecule has 24 heavy (non-hydrogen) atoms. The topological polar surface area (TPSA) is 45.7 Å². The zero-order valence-electron chi connectivity index (χ0n) is 13.4. The second kappa shape index (κ2) is 7.51. The zero-order chi connectivity index (χ0) is 16.8. The SMILES string of the molecule is C#Cc1ccc(N2CCN(C(=O)OCc3ccccc3)CC2)cn1. The van der Waals surface area contributed by atoms with Crippen LogP contribution in [0, 0.1) is 12.3 Å². The normalized spacial score (nSPS) is 14.1. The molecule has 1 aliphatic rings. The van der Waals surface area contributed by atoms with Crippen LogP contribution in [0.3, 0.4) is 0 Å². The zero-order valence-corrected chi connectivity index (χ0v) is 13.4. The third kappa shape index (κ3) is 3.85. The molecule has 0 radical (unpaired) electrons. The number of piperazine rings is 1. The number of carbonyl (C=O) groups excluding carboxylic acids is 1. The van der Waals surface area contributed by atoms with E-state index in [-0.39, 0.29) is 6.09 Å². The van der Waals surface area contributed by atoms with Gasteiger partial charge in [-0.25, -0.2) is 9.78 Å². The number of terminal acetylenes is 1. The highest BCUT2D eigenvalue weighted by Gasteiger charge is 2.22. The van der Waals surface area contributed by atoms with Gasteiger partial charge in [0.05, 0.1) is 11.9 Å². The molecule has 1 fully saturated rings. The van der Waals surface area contributed by atoms with Crippen LogP contribution in [0.15, 0.2) is 48.7 Å². The Morgan fingerprint density at radius 1 is 1.12 bits per heavy atom. The third-order valence-corrected chi connectivity index (χ3v) is 4.00. The first-order valence-electron chi connectivity index (χ1n) is 7.89. The fourth-order valence-corrected chi connectivity index (χ4v) is 2.62. The van der Waals surface area contributed by atoms with Crippen LogP contribution in [0.1, 0.15) is 11.3 Å². The van der Waals surface area contributed by atoms with Crippen LogP contribution in [0.4, 0.5) is 10.5 Å². The van der Waals surface area contributed by atoms with Crippen molar-refractivity contribution >= 4 is 11.8 Å². The van der Waals surface area contributed by atoms with Crippen LogP contribution in [-0.2, 0) is 11.3 Å². The molecule has 0 saturated carbocycles. The van der Waals surface area contributed by atoms with Gasteiger partial charge in [-0.3, -0.25) is 0 Å². The van der Waals surface area contributed by atoms with E-state index in [1.165, 1.54) is 0 Å². The fraction of sp³-hybridized carbons (Fsp3) is 0.263. The Kier molecular flexibility index (Phi) is 4.97. The maximum atomic E-state index is 12.1. The molecule has 1 amide bonds. The summed E-state index contributed by atoms with van der Waals surface area (Å²) in [7, 11) is 0. The van der Waals surface area contributed by atoms with E-state index in [9.17, 15) is 4.79 Å². The van der Waals surface area contributed by atoms with Crippen LogP contribution in [-0.4, -0.2) is 42.2 Å². The number of aromatic nitrogens is 1. The standard InChI is InChI=1S/C19H19N3O2/c1-2-17-8-9-18(14-20-17)21-10-12-22(13-11-21)19(23)24-15-16-6-4-3-5-7-16/h1,3-9,14H,10-13,15H2. The Balaban J connectivity index is 1.49. The quantitative estimate of drug-likeness (QED) is 0.815. The van der Waals surface area contributed by atoms with Crippen molar-refractivity contribution in [1.82, 2.24) is 9.88 Å². The van der Waals surface area contributed by atoms with E-state index >= 15 is 0 Å². The molecule has 3 rings (SSSR count). The Labute approximate surface area is 141 Å². The summed E-state index contributed by atoms with van der Waals surface area (Å²) in [6.07, 6.45) is 6.83. The first kappa shape index (κ1) is 15.9. The number of pyridine rings is 1. The highest BCUT2D eigenvalue weighted by molar-refractivity contribution is 5.68. The van der Waals surface area contributed by atoms with Gasteiger partial charge in [-0.15, -0.1) is 6.42 Å². The maximum absolute atomic E-state index is 12.1. The lowest BCUT2D eigenvalue weighted by Gasteiger charge is -2.35. The monoisotopic (exact) mass is 321 g/mol. The third-order valence-electron chi connectivity index (χ3n) is 4.00. The minimum Gasteiger partial charge on any atom is -0.445 e. The smallest absolute Gasteiger partial charge is 0.410 e. The first-order valence-corrected chi connectivity index (χ1v) is 7.89.